The van der Waals surface area contributed by atoms with E-state index in [0.29, 0.717) is 5.56 Å². The average molecular weight is 139 g/mol. The average Bonchev–Trinajstić information content (AvgIpc) is 2.36. The number of Topliss-reactive ketones (excluding diaryl/α,β-unsaturated/α-hetero) is 1. The van der Waals surface area contributed by atoms with Crippen molar-refractivity contribution in [1.29, 1.82) is 0 Å². The smallest absolute Gasteiger partial charge is 0.182 e. The van der Waals surface area contributed by atoms with Gasteiger partial charge in [-0.15, -0.1) is 0 Å². The minimum Gasteiger partial charge on any atom is -0.472 e. The van der Waals surface area contributed by atoms with Crippen LogP contribution in [-0.2, 0) is 0 Å². The first-order valence-electron chi connectivity index (χ1n) is 3.04. The molecule has 1 atom stereocenters. The lowest BCUT2D eigenvalue weighted by molar-refractivity contribution is 0.0967. The molecule has 0 amide bonds. The van der Waals surface area contributed by atoms with Gasteiger partial charge in [-0.05, 0) is 13.0 Å². The maximum absolute atomic E-state index is 11.0. The molecule has 1 aromatic heterocycles. The topological polar surface area (TPSA) is 56.2 Å². The summed E-state index contributed by atoms with van der Waals surface area (Å²) in [5.74, 6) is -0.0891. The van der Waals surface area contributed by atoms with E-state index >= 15 is 0 Å². The van der Waals surface area contributed by atoms with Gasteiger partial charge in [0.05, 0.1) is 17.9 Å². The molecule has 3 nitrogen and oxygen atoms in total. The number of carbonyl (C=O) groups excluding carboxylic acids is 1. The fraction of sp³-hybridized carbons (Fsp3) is 0.286. The van der Waals surface area contributed by atoms with Crippen LogP contribution in [0.25, 0.3) is 0 Å². The molecule has 54 valence electrons. The third-order valence-corrected chi connectivity index (χ3v) is 1.22. The van der Waals surface area contributed by atoms with E-state index in [1.54, 1.807) is 13.0 Å². The highest BCUT2D eigenvalue weighted by atomic mass is 16.3. The molecule has 10 heavy (non-hydrogen) atoms. The number of hydrogen-bond acceptors (Lipinski definition) is 3. The molecule has 0 fully saturated rings. The first-order chi connectivity index (χ1) is 4.72. The number of ketones is 1. The van der Waals surface area contributed by atoms with Gasteiger partial charge in [0.2, 0.25) is 0 Å². The fourth-order valence-corrected chi connectivity index (χ4v) is 0.668. The molecule has 2 N–H and O–H groups in total. The summed E-state index contributed by atoms with van der Waals surface area (Å²) in [4.78, 5) is 11.0. The lowest BCUT2D eigenvalue weighted by Crippen LogP contribution is -2.26. The van der Waals surface area contributed by atoms with Crippen molar-refractivity contribution in [3.63, 3.8) is 0 Å². The zero-order valence-corrected chi connectivity index (χ0v) is 5.70. The second kappa shape index (κ2) is 2.66. The van der Waals surface area contributed by atoms with Crippen LogP contribution in [0.4, 0.5) is 0 Å². The minimum atomic E-state index is -0.447. The van der Waals surface area contributed by atoms with Gasteiger partial charge in [0.1, 0.15) is 6.26 Å². The summed E-state index contributed by atoms with van der Waals surface area (Å²) in [7, 11) is 0. The molecule has 0 aliphatic rings. The van der Waals surface area contributed by atoms with Crippen LogP contribution in [0.2, 0.25) is 0 Å². The van der Waals surface area contributed by atoms with Crippen LogP contribution in [0.5, 0.6) is 0 Å². The molecule has 0 aromatic carbocycles. The Balaban J connectivity index is 2.78. The number of nitrogens with two attached hydrogens (primary N) is 1. The van der Waals surface area contributed by atoms with Crippen molar-refractivity contribution in [3.05, 3.63) is 24.2 Å². The van der Waals surface area contributed by atoms with Gasteiger partial charge in [-0.2, -0.15) is 0 Å². The van der Waals surface area contributed by atoms with Gasteiger partial charge < -0.3 is 10.2 Å². The van der Waals surface area contributed by atoms with E-state index in [1.165, 1.54) is 12.5 Å². The SMILES string of the molecule is C[C@H](N)C(=O)c1ccoc1. The number of carbonyl (C=O) groups is 1. The predicted molar refractivity (Wildman–Crippen MR) is 36.7 cm³/mol. The summed E-state index contributed by atoms with van der Waals surface area (Å²) in [6, 6.07) is 1.16. The Hall–Kier alpha value is -1.09. The van der Waals surface area contributed by atoms with Crippen molar-refractivity contribution in [1.82, 2.24) is 0 Å². The Bertz CT molecular complexity index is 214. The number of rotatable bonds is 2. The van der Waals surface area contributed by atoms with Crippen molar-refractivity contribution in [2.75, 3.05) is 0 Å². The second-order valence-corrected chi connectivity index (χ2v) is 2.16. The molecule has 1 rings (SSSR count). The molecule has 1 aromatic rings. The predicted octanol–water partition coefficient (Wildman–Crippen LogP) is 0.810. The van der Waals surface area contributed by atoms with E-state index in [0.717, 1.165) is 0 Å². The highest BCUT2D eigenvalue weighted by molar-refractivity contribution is 5.99. The summed E-state index contributed by atoms with van der Waals surface area (Å²) >= 11 is 0. The molecule has 0 aliphatic heterocycles. The summed E-state index contributed by atoms with van der Waals surface area (Å²) in [6.45, 7) is 1.65. The van der Waals surface area contributed by atoms with Crippen molar-refractivity contribution >= 4 is 5.78 Å². The lowest BCUT2D eigenvalue weighted by atomic mass is 10.1. The van der Waals surface area contributed by atoms with E-state index in [1.807, 2.05) is 0 Å². The molecular formula is C7H9NO2. The summed E-state index contributed by atoms with van der Waals surface area (Å²) in [6.07, 6.45) is 2.85. The molecule has 0 unspecified atom stereocenters. The number of hydrogen-bond donors (Lipinski definition) is 1. The first-order valence-corrected chi connectivity index (χ1v) is 3.04. The Labute approximate surface area is 58.8 Å². The summed E-state index contributed by atoms with van der Waals surface area (Å²) in [5.41, 5.74) is 5.87. The third kappa shape index (κ3) is 1.25. The quantitative estimate of drug-likeness (QED) is 0.617. The zero-order valence-electron chi connectivity index (χ0n) is 5.70. The van der Waals surface area contributed by atoms with E-state index < -0.39 is 6.04 Å². The number of furan rings is 1. The molecular weight excluding hydrogens is 130 g/mol. The van der Waals surface area contributed by atoms with E-state index in [-0.39, 0.29) is 5.78 Å². The Kier molecular flexibility index (Phi) is 1.87. The normalized spacial score (nSPS) is 13.0. The molecule has 0 radical (unpaired) electrons. The minimum absolute atomic E-state index is 0.0891. The molecule has 0 saturated heterocycles. The van der Waals surface area contributed by atoms with Crippen LogP contribution in [0.1, 0.15) is 17.3 Å². The highest BCUT2D eigenvalue weighted by Crippen LogP contribution is 2.02. The monoisotopic (exact) mass is 139 g/mol. The lowest BCUT2D eigenvalue weighted by Gasteiger charge is -1.98. The summed E-state index contributed by atoms with van der Waals surface area (Å²) in [5, 5.41) is 0. The van der Waals surface area contributed by atoms with E-state index in [4.69, 9.17) is 10.2 Å². The van der Waals surface area contributed by atoms with Crippen LogP contribution < -0.4 is 5.73 Å². The Morgan fingerprint density at radius 3 is 2.90 bits per heavy atom. The maximum Gasteiger partial charge on any atom is 0.182 e. The van der Waals surface area contributed by atoms with Gasteiger partial charge in [-0.3, -0.25) is 4.79 Å². The molecule has 0 spiro atoms. The first kappa shape index (κ1) is 7.02. The van der Waals surface area contributed by atoms with Gasteiger partial charge in [0.15, 0.2) is 5.78 Å². The van der Waals surface area contributed by atoms with Gasteiger partial charge in [-0.1, -0.05) is 0 Å². The van der Waals surface area contributed by atoms with Crippen molar-refractivity contribution in [2.45, 2.75) is 13.0 Å². The van der Waals surface area contributed by atoms with Crippen molar-refractivity contribution < 1.29 is 9.21 Å². The maximum atomic E-state index is 11.0. The third-order valence-electron chi connectivity index (χ3n) is 1.22. The van der Waals surface area contributed by atoms with E-state index in [2.05, 4.69) is 0 Å². The molecule has 1 heterocycles. The van der Waals surface area contributed by atoms with Gasteiger partial charge in [-0.25, -0.2) is 0 Å². The molecule has 0 aliphatic carbocycles. The molecule has 3 heteroatoms. The summed E-state index contributed by atoms with van der Waals surface area (Å²) < 4.78 is 4.71. The van der Waals surface area contributed by atoms with E-state index in [9.17, 15) is 4.79 Å². The van der Waals surface area contributed by atoms with Gasteiger partial charge in [0, 0.05) is 0 Å². The Morgan fingerprint density at radius 1 is 1.80 bits per heavy atom. The fourth-order valence-electron chi connectivity index (χ4n) is 0.668. The highest BCUT2D eigenvalue weighted by Gasteiger charge is 2.10. The Morgan fingerprint density at radius 2 is 2.50 bits per heavy atom. The van der Waals surface area contributed by atoms with Gasteiger partial charge >= 0.3 is 0 Å². The van der Waals surface area contributed by atoms with Crippen LogP contribution >= 0.6 is 0 Å². The van der Waals surface area contributed by atoms with Crippen molar-refractivity contribution in [2.24, 2.45) is 5.73 Å². The largest absolute Gasteiger partial charge is 0.472 e. The van der Waals surface area contributed by atoms with Crippen LogP contribution in [0.3, 0.4) is 0 Å². The molecule has 0 saturated carbocycles. The standard InChI is InChI=1S/C7H9NO2/c1-5(8)7(9)6-2-3-10-4-6/h2-5H,8H2,1H3/t5-/m0/s1. The second-order valence-electron chi connectivity index (χ2n) is 2.16. The van der Waals surface area contributed by atoms with Crippen molar-refractivity contribution in [3.8, 4) is 0 Å². The van der Waals surface area contributed by atoms with Gasteiger partial charge in [0.25, 0.3) is 0 Å². The zero-order chi connectivity index (χ0) is 7.56. The van der Waals surface area contributed by atoms with Crippen LogP contribution in [0, 0.1) is 0 Å². The molecule has 0 bridgehead atoms. The van der Waals surface area contributed by atoms with Crippen LogP contribution in [0.15, 0.2) is 23.0 Å². The van der Waals surface area contributed by atoms with Crippen LogP contribution in [-0.4, -0.2) is 11.8 Å².